The molecule has 1 aromatic heterocycles. The van der Waals surface area contributed by atoms with Gasteiger partial charge in [-0.15, -0.1) is 0 Å². The lowest BCUT2D eigenvalue weighted by Crippen LogP contribution is -1.71. The van der Waals surface area contributed by atoms with Crippen LogP contribution in [0, 0.1) is 0 Å². The Morgan fingerprint density at radius 1 is 1.50 bits per heavy atom. The molecule has 0 N–H and O–H groups in total. The normalized spacial score (nSPS) is 9.12. The number of pyridine rings is 1. The predicted octanol–water partition coefficient (Wildman–Crippen LogP) is 2.40. The Balaban J connectivity index is 3.03. The molecular formula is C5H3BrNS. The molecule has 0 saturated carbocycles. The summed E-state index contributed by atoms with van der Waals surface area (Å²) in [6.45, 7) is 0. The zero-order valence-electron chi connectivity index (χ0n) is 3.97. The van der Waals surface area contributed by atoms with Crippen LogP contribution < -0.4 is 0 Å². The van der Waals surface area contributed by atoms with Gasteiger partial charge in [-0.2, -0.15) is 0 Å². The van der Waals surface area contributed by atoms with Crippen LogP contribution in [0.3, 0.4) is 0 Å². The van der Waals surface area contributed by atoms with E-state index in [0.717, 1.165) is 4.47 Å². The van der Waals surface area contributed by atoms with Gasteiger partial charge in [-0.05, 0) is 28.1 Å². The Labute approximate surface area is 61.7 Å². The van der Waals surface area contributed by atoms with Gasteiger partial charge in [0.1, 0.15) is 5.03 Å². The van der Waals surface area contributed by atoms with Gasteiger partial charge in [-0.1, -0.05) is 12.6 Å². The van der Waals surface area contributed by atoms with E-state index in [9.17, 15) is 0 Å². The monoisotopic (exact) mass is 188 g/mol. The van der Waals surface area contributed by atoms with Crippen LogP contribution >= 0.6 is 28.6 Å². The Hall–Kier alpha value is -0.150. The first-order chi connectivity index (χ1) is 3.79. The van der Waals surface area contributed by atoms with E-state index in [4.69, 9.17) is 12.6 Å². The zero-order chi connectivity index (χ0) is 5.98. The van der Waals surface area contributed by atoms with Gasteiger partial charge in [0.05, 0.1) is 0 Å². The topological polar surface area (TPSA) is 12.9 Å². The summed E-state index contributed by atoms with van der Waals surface area (Å²) in [6.07, 6.45) is 1.68. The summed E-state index contributed by atoms with van der Waals surface area (Å²) in [6, 6.07) is 3.65. The summed E-state index contributed by atoms with van der Waals surface area (Å²) in [5.74, 6) is 0. The third kappa shape index (κ3) is 1.42. The van der Waals surface area contributed by atoms with Crippen LogP contribution in [0.5, 0.6) is 0 Å². The Bertz CT molecular complexity index is 151. The Morgan fingerprint density at radius 2 is 2.25 bits per heavy atom. The first-order valence-electron chi connectivity index (χ1n) is 2.07. The third-order valence-electron chi connectivity index (χ3n) is 0.700. The number of nitrogens with zero attached hydrogens (tertiary/aromatic N) is 1. The Kier molecular flexibility index (Phi) is 1.81. The minimum absolute atomic E-state index is 0.633. The highest BCUT2D eigenvalue weighted by Gasteiger charge is 1.84. The van der Waals surface area contributed by atoms with Crippen LogP contribution in [0.4, 0.5) is 0 Å². The molecule has 0 atom stereocenters. The molecular weight excluding hydrogens is 186 g/mol. The highest BCUT2D eigenvalue weighted by atomic mass is 79.9. The molecule has 1 heterocycles. The van der Waals surface area contributed by atoms with E-state index in [0.29, 0.717) is 5.03 Å². The minimum atomic E-state index is 0.633. The smallest absolute Gasteiger partial charge is 0.126 e. The molecule has 8 heavy (non-hydrogen) atoms. The van der Waals surface area contributed by atoms with Gasteiger partial charge >= 0.3 is 0 Å². The van der Waals surface area contributed by atoms with Crippen molar-refractivity contribution in [3.8, 4) is 0 Å². The summed E-state index contributed by atoms with van der Waals surface area (Å²) in [4.78, 5) is 3.85. The van der Waals surface area contributed by atoms with Gasteiger partial charge in [0.15, 0.2) is 0 Å². The van der Waals surface area contributed by atoms with Gasteiger partial charge in [0.25, 0.3) is 0 Å². The van der Waals surface area contributed by atoms with Crippen LogP contribution in [0.25, 0.3) is 0 Å². The fraction of sp³-hybridized carbons (Fsp3) is 0. The summed E-state index contributed by atoms with van der Waals surface area (Å²) >= 11 is 7.98. The van der Waals surface area contributed by atoms with Crippen molar-refractivity contribution >= 4 is 28.6 Å². The zero-order valence-corrected chi connectivity index (χ0v) is 6.37. The highest BCUT2D eigenvalue weighted by Crippen LogP contribution is 2.08. The number of hydrogen-bond acceptors (Lipinski definition) is 1. The first kappa shape index (κ1) is 5.98. The molecule has 1 radical (unpaired) electrons. The van der Waals surface area contributed by atoms with Crippen LogP contribution in [-0.4, -0.2) is 4.98 Å². The van der Waals surface area contributed by atoms with E-state index in [2.05, 4.69) is 20.9 Å². The molecule has 0 saturated heterocycles. The quantitative estimate of drug-likeness (QED) is 0.610. The van der Waals surface area contributed by atoms with E-state index in [1.165, 1.54) is 0 Å². The van der Waals surface area contributed by atoms with Crippen LogP contribution in [-0.2, 0) is 0 Å². The lowest BCUT2D eigenvalue weighted by molar-refractivity contribution is 1.13. The standard InChI is InChI=1S/C5H3BrNS/c6-4-1-2-5(8)7-3-4/h1-3H. The number of hydrogen-bond donors (Lipinski definition) is 0. The maximum atomic E-state index is 4.74. The largest absolute Gasteiger partial charge is 0.244 e. The average Bonchev–Trinajstić information content (AvgIpc) is 1.77. The number of aromatic nitrogens is 1. The lowest BCUT2D eigenvalue weighted by Gasteiger charge is -1.85. The molecule has 0 fully saturated rings. The third-order valence-corrected chi connectivity index (χ3v) is 1.41. The maximum absolute atomic E-state index is 4.74. The SMILES string of the molecule is [S]c1ccc(Br)cn1. The van der Waals surface area contributed by atoms with Crippen molar-refractivity contribution in [2.24, 2.45) is 0 Å². The average molecular weight is 189 g/mol. The second-order valence-electron chi connectivity index (χ2n) is 1.31. The van der Waals surface area contributed by atoms with E-state index in [1.54, 1.807) is 12.3 Å². The van der Waals surface area contributed by atoms with Crippen LogP contribution in [0.2, 0.25) is 0 Å². The molecule has 0 spiro atoms. The predicted molar refractivity (Wildman–Crippen MR) is 37.8 cm³/mol. The highest BCUT2D eigenvalue weighted by molar-refractivity contribution is 9.10. The molecule has 0 unspecified atom stereocenters. The molecule has 3 heteroatoms. The number of halogens is 1. The summed E-state index contributed by atoms with van der Waals surface area (Å²) in [5, 5.41) is 0.633. The molecule has 41 valence electrons. The Morgan fingerprint density at radius 3 is 2.62 bits per heavy atom. The molecule has 1 nitrogen and oxygen atoms in total. The van der Waals surface area contributed by atoms with Crippen molar-refractivity contribution in [1.29, 1.82) is 0 Å². The number of rotatable bonds is 0. The molecule has 0 aliphatic carbocycles. The molecule has 1 rings (SSSR count). The van der Waals surface area contributed by atoms with Gasteiger partial charge < -0.3 is 0 Å². The minimum Gasteiger partial charge on any atom is -0.244 e. The fourth-order valence-corrected chi connectivity index (χ4v) is 0.718. The summed E-state index contributed by atoms with van der Waals surface area (Å²) < 4.78 is 0.964. The van der Waals surface area contributed by atoms with Crippen molar-refractivity contribution in [3.05, 3.63) is 22.8 Å². The van der Waals surface area contributed by atoms with Crippen molar-refractivity contribution < 1.29 is 0 Å². The van der Waals surface area contributed by atoms with Crippen molar-refractivity contribution in [2.45, 2.75) is 5.03 Å². The first-order valence-corrected chi connectivity index (χ1v) is 3.28. The molecule has 0 aliphatic heterocycles. The van der Waals surface area contributed by atoms with E-state index in [1.807, 2.05) is 6.07 Å². The fourth-order valence-electron chi connectivity index (χ4n) is 0.362. The van der Waals surface area contributed by atoms with Gasteiger partial charge in [0, 0.05) is 10.7 Å². The lowest BCUT2D eigenvalue weighted by atomic mass is 10.5. The second kappa shape index (κ2) is 2.42. The van der Waals surface area contributed by atoms with Gasteiger partial charge in [-0.3, -0.25) is 0 Å². The molecule has 0 amide bonds. The van der Waals surface area contributed by atoms with Crippen LogP contribution in [0.1, 0.15) is 0 Å². The second-order valence-corrected chi connectivity index (χ2v) is 2.65. The van der Waals surface area contributed by atoms with E-state index in [-0.39, 0.29) is 0 Å². The maximum Gasteiger partial charge on any atom is 0.126 e. The van der Waals surface area contributed by atoms with E-state index < -0.39 is 0 Å². The van der Waals surface area contributed by atoms with Crippen molar-refractivity contribution in [3.63, 3.8) is 0 Å². The van der Waals surface area contributed by atoms with Crippen LogP contribution in [0.15, 0.2) is 27.8 Å². The van der Waals surface area contributed by atoms with E-state index >= 15 is 0 Å². The molecule has 0 aliphatic rings. The summed E-state index contributed by atoms with van der Waals surface area (Å²) in [5.41, 5.74) is 0. The molecule has 0 aromatic carbocycles. The molecule has 0 bridgehead atoms. The van der Waals surface area contributed by atoms with Crippen molar-refractivity contribution in [2.75, 3.05) is 0 Å². The van der Waals surface area contributed by atoms with Crippen molar-refractivity contribution in [1.82, 2.24) is 4.98 Å². The summed E-state index contributed by atoms with van der Waals surface area (Å²) in [7, 11) is 0. The van der Waals surface area contributed by atoms with Gasteiger partial charge in [-0.25, -0.2) is 4.98 Å². The van der Waals surface area contributed by atoms with Gasteiger partial charge in [0.2, 0.25) is 0 Å². The molecule has 1 aromatic rings.